The second kappa shape index (κ2) is 7.12. The maximum atomic E-state index is 10.5. The van der Waals surface area contributed by atoms with Gasteiger partial charge in [0.15, 0.2) is 5.82 Å². The van der Waals surface area contributed by atoms with Gasteiger partial charge in [-0.15, -0.1) is 0 Å². The van der Waals surface area contributed by atoms with Crippen LogP contribution in [0.15, 0.2) is 36.3 Å². The summed E-state index contributed by atoms with van der Waals surface area (Å²) >= 11 is 6.07. The largest absolute Gasteiger partial charge is 0.365 e. The molecule has 2 N–H and O–H groups in total. The zero-order valence-corrected chi connectivity index (χ0v) is 11.8. The smallest absolute Gasteiger partial charge is 0.274 e. The minimum absolute atomic E-state index is 0.433. The van der Waals surface area contributed by atoms with Gasteiger partial charge in [-0.1, -0.05) is 29.8 Å². The van der Waals surface area contributed by atoms with Gasteiger partial charge in [-0.05, 0) is 11.6 Å². The summed E-state index contributed by atoms with van der Waals surface area (Å²) < 4.78 is 0. The molecule has 1 aliphatic heterocycles. The van der Waals surface area contributed by atoms with Gasteiger partial charge in [0.25, 0.3) is 6.20 Å². The molecule has 0 saturated carbocycles. The number of nitrogens with one attached hydrogen (secondary N) is 2. The lowest BCUT2D eigenvalue weighted by Crippen LogP contribution is -2.30. The zero-order chi connectivity index (χ0) is 14.4. The fourth-order valence-corrected chi connectivity index (χ4v) is 2.29. The molecule has 0 spiro atoms. The number of hydrogen-bond acceptors (Lipinski definition) is 5. The lowest BCUT2D eigenvalue weighted by molar-refractivity contribution is -0.404. The van der Waals surface area contributed by atoms with E-state index >= 15 is 0 Å². The maximum Gasteiger partial charge on any atom is 0.274 e. The van der Waals surface area contributed by atoms with E-state index in [1.54, 1.807) is 0 Å². The van der Waals surface area contributed by atoms with Gasteiger partial charge in [0.2, 0.25) is 0 Å². The first-order valence-electron chi connectivity index (χ1n) is 6.45. The van der Waals surface area contributed by atoms with Crippen LogP contribution in [0.25, 0.3) is 0 Å². The predicted octanol–water partition coefficient (Wildman–Crippen LogP) is 1.41. The van der Waals surface area contributed by atoms with E-state index in [0.29, 0.717) is 12.4 Å². The van der Waals surface area contributed by atoms with Gasteiger partial charge >= 0.3 is 0 Å². The van der Waals surface area contributed by atoms with Crippen LogP contribution in [0.5, 0.6) is 0 Å². The molecule has 1 saturated heterocycles. The van der Waals surface area contributed by atoms with Crippen molar-refractivity contribution in [3.8, 4) is 0 Å². The molecule has 6 nitrogen and oxygen atoms in total. The van der Waals surface area contributed by atoms with Gasteiger partial charge < -0.3 is 15.5 Å². The molecule has 1 fully saturated rings. The molecule has 0 radical (unpaired) electrons. The van der Waals surface area contributed by atoms with Crippen molar-refractivity contribution in [1.82, 2.24) is 15.5 Å². The fraction of sp³-hybridized carbons (Fsp3) is 0.385. The fourth-order valence-electron chi connectivity index (χ4n) is 2.09. The third-order valence-electron chi connectivity index (χ3n) is 3.09. The summed E-state index contributed by atoms with van der Waals surface area (Å²) in [6.07, 6.45) is 1.01. The van der Waals surface area contributed by atoms with Gasteiger partial charge in [0, 0.05) is 37.7 Å². The van der Waals surface area contributed by atoms with Crippen LogP contribution in [-0.4, -0.2) is 36.0 Å². The highest BCUT2D eigenvalue weighted by Crippen LogP contribution is 2.14. The Labute approximate surface area is 122 Å². The molecule has 1 aliphatic rings. The summed E-state index contributed by atoms with van der Waals surface area (Å²) in [5.41, 5.74) is 1.05. The van der Waals surface area contributed by atoms with Crippen molar-refractivity contribution in [3.05, 3.63) is 57.0 Å². The van der Waals surface area contributed by atoms with E-state index in [1.165, 1.54) is 0 Å². The molecule has 0 bridgehead atoms. The van der Waals surface area contributed by atoms with Gasteiger partial charge in [-0.2, -0.15) is 0 Å². The minimum Gasteiger partial charge on any atom is -0.365 e. The van der Waals surface area contributed by atoms with Crippen LogP contribution in [-0.2, 0) is 6.54 Å². The Kier molecular flexibility index (Phi) is 5.20. The number of benzene rings is 1. The van der Waals surface area contributed by atoms with E-state index in [0.717, 1.165) is 43.0 Å². The van der Waals surface area contributed by atoms with Crippen molar-refractivity contribution in [2.45, 2.75) is 6.54 Å². The SMILES string of the molecule is O=[N+]([O-])C=C1NCCN1CCNCc1ccccc1Cl. The lowest BCUT2D eigenvalue weighted by atomic mass is 10.2. The standard InChI is InChI=1S/C13H17ClN4O2/c14-12-4-2-1-3-11(12)9-15-5-7-17-8-6-16-13(17)10-18(19)20/h1-4,10,15-16H,5-9H2. The van der Waals surface area contributed by atoms with Crippen molar-refractivity contribution in [2.75, 3.05) is 26.2 Å². The Bertz CT molecular complexity index is 507. The normalized spacial score (nSPS) is 16.4. The van der Waals surface area contributed by atoms with Crippen molar-refractivity contribution in [3.63, 3.8) is 0 Å². The average molecular weight is 297 g/mol. The quantitative estimate of drug-likeness (QED) is 0.472. The number of halogens is 1. The van der Waals surface area contributed by atoms with Crippen molar-refractivity contribution >= 4 is 11.6 Å². The third-order valence-corrected chi connectivity index (χ3v) is 3.46. The summed E-state index contributed by atoms with van der Waals surface area (Å²) in [5, 5.41) is 17.5. The van der Waals surface area contributed by atoms with Gasteiger partial charge in [0.1, 0.15) is 0 Å². The zero-order valence-electron chi connectivity index (χ0n) is 11.0. The molecule has 20 heavy (non-hydrogen) atoms. The Hall–Kier alpha value is -1.79. The Morgan fingerprint density at radius 3 is 3.05 bits per heavy atom. The lowest BCUT2D eigenvalue weighted by Gasteiger charge is -2.17. The molecule has 108 valence electrons. The Morgan fingerprint density at radius 1 is 1.50 bits per heavy atom. The van der Waals surface area contributed by atoms with E-state index in [1.807, 2.05) is 29.2 Å². The molecule has 1 aromatic carbocycles. The first kappa shape index (κ1) is 14.6. The van der Waals surface area contributed by atoms with Crippen LogP contribution in [0.4, 0.5) is 0 Å². The third kappa shape index (κ3) is 4.11. The Morgan fingerprint density at radius 2 is 2.30 bits per heavy atom. The summed E-state index contributed by atoms with van der Waals surface area (Å²) in [6.45, 7) is 3.67. The van der Waals surface area contributed by atoms with Crippen LogP contribution in [0.1, 0.15) is 5.56 Å². The number of hydrogen-bond donors (Lipinski definition) is 2. The summed E-state index contributed by atoms with van der Waals surface area (Å²) in [4.78, 5) is 12.0. The molecular weight excluding hydrogens is 280 g/mol. The highest BCUT2D eigenvalue weighted by atomic mass is 35.5. The average Bonchev–Trinajstić information content (AvgIpc) is 2.83. The monoisotopic (exact) mass is 296 g/mol. The second-order valence-corrected chi connectivity index (χ2v) is 4.89. The summed E-state index contributed by atoms with van der Waals surface area (Å²) in [5.74, 6) is 0.578. The number of rotatable bonds is 6. The molecule has 0 unspecified atom stereocenters. The molecule has 1 heterocycles. The second-order valence-electron chi connectivity index (χ2n) is 4.48. The highest BCUT2D eigenvalue weighted by Gasteiger charge is 2.18. The van der Waals surface area contributed by atoms with E-state index in [2.05, 4.69) is 10.6 Å². The van der Waals surface area contributed by atoms with Gasteiger partial charge in [-0.3, -0.25) is 10.1 Å². The van der Waals surface area contributed by atoms with Gasteiger partial charge in [-0.25, -0.2) is 0 Å². The topological polar surface area (TPSA) is 70.4 Å². The maximum absolute atomic E-state index is 10.5. The first-order chi connectivity index (χ1) is 9.66. The summed E-state index contributed by atoms with van der Waals surface area (Å²) in [6, 6.07) is 7.69. The molecule has 0 amide bonds. The van der Waals surface area contributed by atoms with E-state index in [4.69, 9.17) is 11.6 Å². The van der Waals surface area contributed by atoms with Crippen molar-refractivity contribution in [2.24, 2.45) is 0 Å². The first-order valence-corrected chi connectivity index (χ1v) is 6.83. The molecule has 0 aliphatic carbocycles. The molecule has 2 rings (SSSR count). The minimum atomic E-state index is -0.433. The van der Waals surface area contributed by atoms with Crippen molar-refractivity contribution in [1.29, 1.82) is 0 Å². The summed E-state index contributed by atoms with van der Waals surface area (Å²) in [7, 11) is 0. The van der Waals surface area contributed by atoms with Gasteiger partial charge in [0.05, 0.1) is 4.92 Å². The van der Waals surface area contributed by atoms with Crippen LogP contribution >= 0.6 is 11.6 Å². The van der Waals surface area contributed by atoms with Crippen LogP contribution in [0.2, 0.25) is 5.02 Å². The molecule has 7 heteroatoms. The van der Waals surface area contributed by atoms with Crippen LogP contribution < -0.4 is 10.6 Å². The number of nitro groups is 1. The molecule has 0 atom stereocenters. The van der Waals surface area contributed by atoms with E-state index in [-0.39, 0.29) is 0 Å². The van der Waals surface area contributed by atoms with Crippen LogP contribution in [0, 0.1) is 10.1 Å². The predicted molar refractivity (Wildman–Crippen MR) is 77.8 cm³/mol. The molecular formula is C13H17ClN4O2. The molecule has 0 aromatic heterocycles. The van der Waals surface area contributed by atoms with Crippen molar-refractivity contribution < 1.29 is 4.92 Å². The highest BCUT2D eigenvalue weighted by molar-refractivity contribution is 6.31. The van der Waals surface area contributed by atoms with Crippen LogP contribution in [0.3, 0.4) is 0 Å². The number of nitrogens with zero attached hydrogens (tertiary/aromatic N) is 2. The molecule has 1 aromatic rings. The van der Waals surface area contributed by atoms with E-state index in [9.17, 15) is 10.1 Å². The van der Waals surface area contributed by atoms with E-state index < -0.39 is 4.92 Å². The Balaban J connectivity index is 1.76.